The summed E-state index contributed by atoms with van der Waals surface area (Å²) in [6.07, 6.45) is 0. The summed E-state index contributed by atoms with van der Waals surface area (Å²) < 4.78 is 29.2. The third kappa shape index (κ3) is 5.81. The second kappa shape index (κ2) is 9.11. The SMILES string of the molecule is CC(C)(C)c1ccc(C(=O)Nc2cccc(S(N)(=O)=O)c2)c(Oc2ccc(Cl)cc2Cl)c1.[HH].[HH].[HH]. The van der Waals surface area contributed by atoms with Crippen molar-refractivity contribution >= 4 is 44.8 Å². The van der Waals surface area contributed by atoms with Gasteiger partial charge in [0.05, 0.1) is 15.5 Å². The van der Waals surface area contributed by atoms with Crippen molar-refractivity contribution in [3.05, 3.63) is 81.8 Å². The molecule has 0 saturated carbocycles. The first-order valence-electron chi connectivity index (χ1n) is 9.56. The van der Waals surface area contributed by atoms with Crippen molar-refractivity contribution in [2.24, 2.45) is 5.14 Å². The Morgan fingerprint density at radius 1 is 1.00 bits per heavy atom. The van der Waals surface area contributed by atoms with Crippen molar-refractivity contribution in [2.45, 2.75) is 31.1 Å². The molecule has 0 aliphatic heterocycles. The van der Waals surface area contributed by atoms with Crippen molar-refractivity contribution in [3.8, 4) is 11.5 Å². The Labute approximate surface area is 201 Å². The van der Waals surface area contributed by atoms with Crippen molar-refractivity contribution < 1.29 is 22.2 Å². The molecule has 0 aliphatic rings. The maximum Gasteiger partial charge on any atom is 0.259 e. The highest BCUT2D eigenvalue weighted by Crippen LogP contribution is 2.36. The Morgan fingerprint density at radius 3 is 2.34 bits per heavy atom. The first-order chi connectivity index (χ1) is 14.8. The number of hydrogen-bond acceptors (Lipinski definition) is 4. The Hall–Kier alpha value is -2.58. The molecule has 0 bridgehead atoms. The lowest BCUT2D eigenvalue weighted by Gasteiger charge is -2.21. The largest absolute Gasteiger partial charge is 0.455 e. The number of carbonyl (C=O) groups excluding carboxylic acids is 1. The molecule has 0 unspecified atom stereocenters. The number of nitrogens with two attached hydrogens (primary N) is 1. The number of nitrogens with one attached hydrogen (secondary N) is 1. The summed E-state index contributed by atoms with van der Waals surface area (Å²) in [5, 5.41) is 8.62. The Morgan fingerprint density at radius 2 is 1.72 bits per heavy atom. The summed E-state index contributed by atoms with van der Waals surface area (Å²) in [5.41, 5.74) is 1.27. The first-order valence-corrected chi connectivity index (χ1v) is 11.9. The van der Waals surface area contributed by atoms with Crippen LogP contribution in [0, 0.1) is 0 Å². The number of sulfonamides is 1. The average molecular weight is 499 g/mol. The van der Waals surface area contributed by atoms with Crippen molar-refractivity contribution in [1.82, 2.24) is 0 Å². The van der Waals surface area contributed by atoms with E-state index >= 15 is 0 Å². The van der Waals surface area contributed by atoms with E-state index in [2.05, 4.69) is 5.32 Å². The summed E-state index contributed by atoms with van der Waals surface area (Å²) in [6, 6.07) is 15.7. The minimum atomic E-state index is -3.91. The standard InChI is InChI=1S/C23H22Cl2N2O4S.3H2/c1-23(2,3)14-7-9-18(21(11-14)31-20-10-8-15(24)12-19(20)25)22(28)27-16-5-4-6-17(13-16)32(26,29)30;;;/h4-13H,1-3H3,(H,27,28)(H2,26,29,30);3*1H. The van der Waals surface area contributed by atoms with Crippen LogP contribution in [0.2, 0.25) is 10.0 Å². The van der Waals surface area contributed by atoms with Crippen molar-refractivity contribution in [3.63, 3.8) is 0 Å². The Kier molecular flexibility index (Phi) is 6.86. The molecule has 32 heavy (non-hydrogen) atoms. The Bertz CT molecular complexity index is 1300. The minimum Gasteiger partial charge on any atom is -0.455 e. The number of anilines is 1. The zero-order valence-corrected chi connectivity index (χ0v) is 20.0. The van der Waals surface area contributed by atoms with Crippen LogP contribution in [0.1, 0.15) is 41.0 Å². The van der Waals surface area contributed by atoms with Gasteiger partial charge in [-0.1, -0.05) is 56.1 Å². The predicted octanol–water partition coefficient (Wildman–Crippen LogP) is 6.72. The fourth-order valence-corrected chi connectivity index (χ4v) is 3.89. The molecule has 3 aromatic rings. The highest BCUT2D eigenvalue weighted by Gasteiger charge is 2.21. The van der Waals surface area contributed by atoms with E-state index in [1.807, 2.05) is 26.8 Å². The summed E-state index contributed by atoms with van der Waals surface area (Å²) in [7, 11) is -3.91. The molecule has 174 valence electrons. The van der Waals surface area contributed by atoms with Gasteiger partial charge in [-0.3, -0.25) is 4.79 Å². The van der Waals surface area contributed by atoms with Crippen LogP contribution in [-0.2, 0) is 15.4 Å². The van der Waals surface area contributed by atoms with E-state index in [-0.39, 0.29) is 25.8 Å². The molecular weight excluding hydrogens is 471 g/mol. The second-order valence-corrected chi connectivity index (χ2v) is 10.6. The molecule has 0 saturated heterocycles. The summed E-state index contributed by atoms with van der Waals surface area (Å²) in [5.74, 6) is 0.145. The van der Waals surface area contributed by atoms with Crippen LogP contribution in [0.15, 0.2) is 65.6 Å². The maximum atomic E-state index is 13.1. The van der Waals surface area contributed by atoms with E-state index in [9.17, 15) is 13.2 Å². The molecule has 3 aromatic carbocycles. The van der Waals surface area contributed by atoms with Gasteiger partial charge in [-0.15, -0.1) is 0 Å². The minimum absolute atomic E-state index is 0. The molecule has 0 atom stereocenters. The molecule has 3 N–H and O–H groups in total. The highest BCUT2D eigenvalue weighted by molar-refractivity contribution is 7.89. The topological polar surface area (TPSA) is 98.5 Å². The lowest BCUT2D eigenvalue weighted by molar-refractivity contribution is 0.102. The monoisotopic (exact) mass is 498 g/mol. The quantitative estimate of drug-likeness (QED) is 0.407. The van der Waals surface area contributed by atoms with Gasteiger partial charge in [0.15, 0.2) is 0 Å². The number of hydrogen-bond donors (Lipinski definition) is 2. The smallest absolute Gasteiger partial charge is 0.259 e. The van der Waals surface area contributed by atoms with E-state index in [1.165, 1.54) is 18.2 Å². The molecule has 0 radical (unpaired) electrons. The van der Waals surface area contributed by atoms with Crippen LogP contribution < -0.4 is 15.2 Å². The third-order valence-corrected chi connectivity index (χ3v) is 6.07. The molecule has 1 amide bonds. The average Bonchev–Trinajstić information content (AvgIpc) is 2.69. The molecule has 0 aliphatic carbocycles. The predicted molar refractivity (Wildman–Crippen MR) is 134 cm³/mol. The molecular formula is C23H28Cl2N2O4S. The fourth-order valence-electron chi connectivity index (χ4n) is 2.89. The molecule has 6 nitrogen and oxygen atoms in total. The van der Waals surface area contributed by atoms with Crippen LogP contribution in [-0.4, -0.2) is 14.3 Å². The van der Waals surface area contributed by atoms with Gasteiger partial charge < -0.3 is 10.1 Å². The summed E-state index contributed by atoms with van der Waals surface area (Å²) in [4.78, 5) is 13.0. The molecule has 9 heteroatoms. The molecule has 0 heterocycles. The normalized spacial score (nSPS) is 11.8. The zero-order chi connectivity index (χ0) is 23.7. The first kappa shape index (κ1) is 24.1. The van der Waals surface area contributed by atoms with Crippen LogP contribution in [0.4, 0.5) is 5.69 Å². The number of carbonyl (C=O) groups is 1. The lowest BCUT2D eigenvalue weighted by atomic mass is 9.86. The van der Waals surface area contributed by atoms with Gasteiger partial charge in [0.25, 0.3) is 5.91 Å². The van der Waals surface area contributed by atoms with E-state index in [4.69, 9.17) is 33.1 Å². The number of ether oxygens (including phenoxy) is 1. The lowest BCUT2D eigenvalue weighted by Crippen LogP contribution is -2.17. The number of halogens is 2. The third-order valence-electron chi connectivity index (χ3n) is 4.63. The van der Waals surface area contributed by atoms with E-state index in [0.29, 0.717) is 21.5 Å². The summed E-state index contributed by atoms with van der Waals surface area (Å²) in [6.45, 7) is 6.12. The molecule has 0 spiro atoms. The fraction of sp³-hybridized carbons (Fsp3) is 0.174. The maximum absolute atomic E-state index is 13.1. The van der Waals surface area contributed by atoms with Crippen LogP contribution in [0.5, 0.6) is 11.5 Å². The number of amides is 1. The highest BCUT2D eigenvalue weighted by atomic mass is 35.5. The van der Waals surface area contributed by atoms with Gasteiger partial charge in [0.2, 0.25) is 10.0 Å². The van der Waals surface area contributed by atoms with Gasteiger partial charge in [0, 0.05) is 15.0 Å². The number of rotatable bonds is 5. The van der Waals surface area contributed by atoms with E-state index in [1.54, 1.807) is 36.4 Å². The van der Waals surface area contributed by atoms with Gasteiger partial charge in [-0.05, 0) is 59.5 Å². The van der Waals surface area contributed by atoms with Crippen molar-refractivity contribution in [1.29, 1.82) is 0 Å². The number of primary sulfonamides is 1. The van der Waals surface area contributed by atoms with Crippen LogP contribution >= 0.6 is 23.2 Å². The van der Waals surface area contributed by atoms with Crippen LogP contribution in [0.3, 0.4) is 0 Å². The number of benzene rings is 3. The van der Waals surface area contributed by atoms with Crippen LogP contribution in [0.25, 0.3) is 0 Å². The van der Waals surface area contributed by atoms with E-state index in [0.717, 1.165) is 5.56 Å². The van der Waals surface area contributed by atoms with Gasteiger partial charge in [0.1, 0.15) is 11.5 Å². The van der Waals surface area contributed by atoms with Crippen molar-refractivity contribution in [2.75, 3.05) is 5.32 Å². The summed E-state index contributed by atoms with van der Waals surface area (Å²) >= 11 is 12.2. The van der Waals surface area contributed by atoms with Gasteiger partial charge in [-0.25, -0.2) is 13.6 Å². The van der Waals surface area contributed by atoms with Gasteiger partial charge >= 0.3 is 0 Å². The van der Waals surface area contributed by atoms with E-state index < -0.39 is 15.9 Å². The van der Waals surface area contributed by atoms with Gasteiger partial charge in [-0.2, -0.15) is 0 Å². The Balaban J connectivity index is 0.00000385. The molecule has 3 rings (SSSR count). The second-order valence-electron chi connectivity index (χ2n) is 8.16. The zero-order valence-electron chi connectivity index (χ0n) is 17.6. The molecule has 0 aromatic heterocycles. The molecule has 0 fully saturated rings.